The molecule has 18 rings (SSSR count). The minimum Gasteiger partial charge on any atom is -0.453 e. The van der Waals surface area contributed by atoms with Crippen molar-refractivity contribution >= 4 is 110 Å². The quantitative estimate of drug-likeness (QED) is 0.130. The lowest BCUT2D eigenvalue weighted by atomic mass is 9.69. The third kappa shape index (κ3) is 7.89. The van der Waals surface area contributed by atoms with Crippen LogP contribution in [0.4, 0.5) is 60.5 Å². The van der Waals surface area contributed by atoms with E-state index in [0.717, 1.165) is 134 Å². The number of hydrogen-bond acceptors (Lipinski definition) is 4. The smallest absolute Gasteiger partial charge is 0.420 e. The zero-order chi connectivity index (χ0) is 64.3. The Labute approximate surface area is 537 Å². The van der Waals surface area contributed by atoms with E-state index in [9.17, 15) is 13.2 Å². The summed E-state index contributed by atoms with van der Waals surface area (Å²) in [5, 5.41) is 8.66. The van der Waals surface area contributed by atoms with Crippen molar-refractivity contribution in [1.82, 2.24) is 0 Å². The van der Waals surface area contributed by atoms with E-state index in [2.05, 4.69) is 215 Å². The van der Waals surface area contributed by atoms with E-state index in [1.165, 1.54) is 12.1 Å². The van der Waals surface area contributed by atoms with Gasteiger partial charge in [0.2, 0.25) is 0 Å². The average molecular weight is 1240 g/mol. The predicted molar refractivity (Wildman–Crippen MR) is 369 cm³/mol. The first kappa shape index (κ1) is 56.2. The average Bonchev–Trinajstić information content (AvgIpc) is 1.49. The van der Waals surface area contributed by atoms with Crippen LogP contribution in [-0.4, -0.2) is 0 Å². The van der Waals surface area contributed by atoms with Gasteiger partial charge in [0, 0.05) is 45.0 Å². The monoisotopic (exact) mass is 1240 g/mol. The van der Waals surface area contributed by atoms with Gasteiger partial charge in [0.25, 0.3) is 0 Å². The first-order valence-corrected chi connectivity index (χ1v) is 31.8. The summed E-state index contributed by atoms with van der Waals surface area (Å²) in [5.74, 6) is 0. The van der Waals surface area contributed by atoms with Gasteiger partial charge in [-0.1, -0.05) is 193 Å². The van der Waals surface area contributed by atoms with Crippen molar-refractivity contribution in [2.75, 3.05) is 9.80 Å². The molecule has 3 heterocycles. The van der Waals surface area contributed by atoms with Crippen molar-refractivity contribution < 1.29 is 35.2 Å². The maximum Gasteiger partial charge on any atom is 0.420 e. The summed E-state index contributed by atoms with van der Waals surface area (Å²) in [6.45, 7) is 13.0. The number of halogens is 6. The maximum atomic E-state index is 15.0. The lowest BCUT2D eigenvalue weighted by molar-refractivity contribution is -0.137. The first-order chi connectivity index (χ1) is 45.1. The van der Waals surface area contributed by atoms with Gasteiger partial charge >= 0.3 is 12.4 Å². The van der Waals surface area contributed by atoms with E-state index >= 15 is 13.2 Å². The third-order valence-electron chi connectivity index (χ3n) is 20.4. The molecule has 2 aromatic heterocycles. The van der Waals surface area contributed by atoms with E-state index in [-0.39, 0.29) is 22.0 Å². The zero-order valence-electron chi connectivity index (χ0n) is 52.1. The van der Waals surface area contributed by atoms with E-state index < -0.39 is 28.9 Å². The van der Waals surface area contributed by atoms with Crippen LogP contribution in [0.5, 0.6) is 0 Å². The number of benzene rings is 13. The summed E-state index contributed by atoms with van der Waals surface area (Å²) in [6.07, 6.45) is -8.89. The predicted octanol–water partition coefficient (Wildman–Crippen LogP) is 24.8. The fraction of sp³-hybridized carbons (Fsp3) is 0.143. The molecule has 2 aliphatic carbocycles. The zero-order valence-corrected chi connectivity index (χ0v) is 52.1. The van der Waals surface area contributed by atoms with Crippen LogP contribution in [-0.2, 0) is 35.0 Å². The number of para-hydroxylation sites is 3. The summed E-state index contributed by atoms with van der Waals surface area (Å²) in [6, 6.07) is 77.0. The van der Waals surface area contributed by atoms with Crippen molar-refractivity contribution in [1.29, 1.82) is 0 Å². The molecule has 0 radical (unpaired) electrons. The number of fused-ring (bicyclic) bond motifs is 25. The Balaban J connectivity index is 0.953. The largest absolute Gasteiger partial charge is 0.453 e. The molecule has 1 atom stereocenters. The summed E-state index contributed by atoms with van der Waals surface area (Å²) < 4.78 is 103. The van der Waals surface area contributed by atoms with Gasteiger partial charge in [0.15, 0.2) is 11.2 Å². The van der Waals surface area contributed by atoms with Gasteiger partial charge in [-0.15, -0.1) is 0 Å². The molecule has 0 fully saturated rings. The van der Waals surface area contributed by atoms with Crippen LogP contribution in [0.2, 0.25) is 0 Å². The van der Waals surface area contributed by atoms with E-state index in [1.807, 2.05) is 30.3 Å². The molecule has 0 saturated carbocycles. The van der Waals surface area contributed by atoms with Gasteiger partial charge in [0.05, 0.1) is 33.6 Å². The molecule has 10 heteroatoms. The molecular weight excluding hydrogens is 1180 g/mol. The van der Waals surface area contributed by atoms with Crippen LogP contribution in [0.1, 0.15) is 97.2 Å². The van der Waals surface area contributed by atoms with Crippen LogP contribution >= 0.6 is 0 Å². The lowest BCUT2D eigenvalue weighted by Crippen LogP contribution is -2.27. The highest BCUT2D eigenvalue weighted by molar-refractivity contribution is 6.26. The molecule has 94 heavy (non-hydrogen) atoms. The molecule has 458 valence electrons. The highest BCUT2D eigenvalue weighted by atomic mass is 19.4. The molecule has 13 aromatic carbocycles. The van der Waals surface area contributed by atoms with Gasteiger partial charge in [-0.05, 0) is 189 Å². The number of furan rings is 2. The Bertz CT molecular complexity index is 5780. The summed E-state index contributed by atoms with van der Waals surface area (Å²) >= 11 is 0. The fourth-order valence-electron chi connectivity index (χ4n) is 16.1. The van der Waals surface area contributed by atoms with Gasteiger partial charge in [-0.2, -0.15) is 26.3 Å². The van der Waals surface area contributed by atoms with Crippen LogP contribution < -0.4 is 9.80 Å². The van der Waals surface area contributed by atoms with Crippen molar-refractivity contribution in [2.45, 2.75) is 76.6 Å². The Morgan fingerprint density at radius 1 is 0.362 bits per heavy atom. The molecule has 1 spiro atoms. The summed E-state index contributed by atoms with van der Waals surface area (Å²) in [5.41, 5.74) is 14.1. The number of nitrogens with zero attached hydrogens (tertiary/aromatic N) is 2. The molecule has 4 nitrogen and oxygen atoms in total. The second-order valence-electron chi connectivity index (χ2n) is 27.7. The van der Waals surface area contributed by atoms with Gasteiger partial charge in [0.1, 0.15) is 11.2 Å². The molecule has 1 aliphatic heterocycles. The van der Waals surface area contributed by atoms with Crippen LogP contribution in [0, 0.1) is 0 Å². The Morgan fingerprint density at radius 2 is 0.840 bits per heavy atom. The van der Waals surface area contributed by atoms with Gasteiger partial charge in [-0.25, -0.2) is 0 Å². The normalized spacial score (nSPS) is 15.2. The molecule has 0 amide bonds. The van der Waals surface area contributed by atoms with Crippen LogP contribution in [0.3, 0.4) is 0 Å². The van der Waals surface area contributed by atoms with E-state index in [0.29, 0.717) is 50.5 Å². The maximum absolute atomic E-state index is 15.0. The van der Waals surface area contributed by atoms with E-state index in [1.54, 1.807) is 12.1 Å². The third-order valence-corrected chi connectivity index (χ3v) is 20.4. The number of rotatable bonds is 4. The molecular formula is C84H58F6N2O2. The Morgan fingerprint density at radius 3 is 1.46 bits per heavy atom. The minimum absolute atomic E-state index is 0.181. The van der Waals surface area contributed by atoms with Crippen molar-refractivity contribution in [3.8, 4) is 22.3 Å². The number of hydrogen-bond donors (Lipinski definition) is 0. The minimum atomic E-state index is -4.67. The molecule has 0 bridgehead atoms. The van der Waals surface area contributed by atoms with Gasteiger partial charge < -0.3 is 18.6 Å². The molecule has 0 N–H and O–H groups in total. The highest BCUT2D eigenvalue weighted by Gasteiger charge is 2.53. The first-order valence-electron chi connectivity index (χ1n) is 31.8. The van der Waals surface area contributed by atoms with Crippen LogP contribution in [0.25, 0.3) is 98.4 Å². The highest BCUT2D eigenvalue weighted by Crippen LogP contribution is 2.66. The van der Waals surface area contributed by atoms with Crippen molar-refractivity contribution in [2.24, 2.45) is 0 Å². The molecule has 15 aromatic rings. The summed E-state index contributed by atoms with van der Waals surface area (Å²) in [4.78, 5) is 4.33. The molecule has 0 saturated heterocycles. The topological polar surface area (TPSA) is 32.8 Å². The molecule has 3 aliphatic rings. The fourth-order valence-corrected chi connectivity index (χ4v) is 16.1. The van der Waals surface area contributed by atoms with Crippen molar-refractivity contribution in [3.05, 3.63) is 286 Å². The SMILES string of the molecule is CC(C)(C)c1ccc(N(c2ccc3c(c2)C2(c4ccccc4-c4cc5c6ccccc6c6ccccc6c5cc42)c2cc4c(cc2-3)Cc2ccc3c(oc5c(C(F)(F)F)cccc53)c2N4c2ccc(C(C)(C)C)cc2)c2cccc3c2oc2c(C(F)(F)F)cccc23)cc1. The Hall–Kier alpha value is -10.6. The standard InChI is InChI=1S/C84H58F6N2O2/c1-80(2,3)48-29-33-50(34-30-48)91(73-27-15-23-61-59-21-13-25-68(83(85,86)87)76(59)93-78(61)73)52-37-39-58-65-41-47-40-46-28-38-62-60-22-14-26-69(84(88,89)90)77(60)94-79(62)75(46)92(51-35-31-49(32-36-51)81(4,5)6)74(47)45-72(65)82(70(58)42-52)67-24-12-11-20-57(67)66-43-63-55-18-9-7-16-53(55)54-17-8-10-19-56(54)64(63)44-71(66)82/h7-39,41-45H,40H2,1-6H3. The second kappa shape index (κ2) is 19.3. The lowest BCUT2D eigenvalue weighted by Gasteiger charge is -2.36. The van der Waals surface area contributed by atoms with E-state index in [4.69, 9.17) is 8.83 Å². The number of anilines is 6. The van der Waals surface area contributed by atoms with Crippen LogP contribution in [0.15, 0.2) is 239 Å². The van der Waals surface area contributed by atoms with Crippen molar-refractivity contribution in [3.63, 3.8) is 0 Å². The summed E-state index contributed by atoms with van der Waals surface area (Å²) in [7, 11) is 0. The number of alkyl halides is 6. The van der Waals surface area contributed by atoms with Gasteiger partial charge in [-0.3, -0.25) is 0 Å². The second-order valence-corrected chi connectivity index (χ2v) is 27.7. The molecule has 1 unspecified atom stereocenters. The Kier molecular flexibility index (Phi) is 11.5.